The molecule has 5 heterocycles. The number of quaternary nitrogens is 1. The number of fused-ring (bicyclic) bond motifs is 2. The summed E-state index contributed by atoms with van der Waals surface area (Å²) in [5, 5.41) is 9.95. The summed E-state index contributed by atoms with van der Waals surface area (Å²) < 4.78 is 36.2. The Morgan fingerprint density at radius 3 is 2.42 bits per heavy atom. The van der Waals surface area contributed by atoms with Crippen LogP contribution in [0.4, 0.5) is 25.1 Å². The van der Waals surface area contributed by atoms with Gasteiger partial charge in [-0.2, -0.15) is 4.98 Å². The third-order valence-electron chi connectivity index (χ3n) is 12.7. The summed E-state index contributed by atoms with van der Waals surface area (Å²) in [7, 11) is 9.69. The molecule has 2 saturated heterocycles. The van der Waals surface area contributed by atoms with Gasteiger partial charge in [-0.1, -0.05) is 41.9 Å². The molecule has 2 aliphatic heterocycles. The lowest BCUT2D eigenvalue weighted by Crippen LogP contribution is -2.47. The number of benzene rings is 2. The fourth-order valence-corrected chi connectivity index (χ4v) is 9.89. The molecule has 14 nitrogen and oxygen atoms in total. The van der Waals surface area contributed by atoms with E-state index in [-0.39, 0.29) is 45.6 Å². The summed E-state index contributed by atoms with van der Waals surface area (Å²) in [5.74, 6) is -0.241. The molecule has 5 aromatic rings. The van der Waals surface area contributed by atoms with Crippen LogP contribution >= 0.6 is 11.6 Å². The van der Waals surface area contributed by atoms with Gasteiger partial charge in [0.15, 0.2) is 11.0 Å². The van der Waals surface area contributed by atoms with Crippen LogP contribution in [0.5, 0.6) is 5.88 Å². The van der Waals surface area contributed by atoms with E-state index >= 15 is 0 Å². The number of carbonyl (C=O) groups is 1. The predicted molar refractivity (Wildman–Crippen MR) is 221 cm³/mol. The molecule has 2 aromatic carbocycles. The number of methoxy groups -OCH3 is 1. The van der Waals surface area contributed by atoms with E-state index in [4.69, 9.17) is 21.3 Å². The second-order valence-corrected chi connectivity index (χ2v) is 16.6. The van der Waals surface area contributed by atoms with E-state index in [1.807, 2.05) is 55.3 Å². The highest BCUT2D eigenvalue weighted by Gasteiger charge is 2.53. The van der Waals surface area contributed by atoms with E-state index < -0.39 is 23.5 Å². The van der Waals surface area contributed by atoms with Crippen LogP contribution in [-0.4, -0.2) is 117 Å². The van der Waals surface area contributed by atoms with Crippen molar-refractivity contribution < 1.29 is 23.4 Å². The van der Waals surface area contributed by atoms with Crippen LogP contribution < -0.4 is 20.5 Å². The number of hydrogen-bond donors (Lipinski definition) is 1. The Morgan fingerprint density at radius 2 is 1.71 bits per heavy atom. The lowest BCUT2D eigenvalue weighted by Gasteiger charge is -2.32. The number of likely N-dealkylation sites (N-methyl/N-ethyl adjacent to an activating group) is 1. The van der Waals surface area contributed by atoms with Crippen molar-refractivity contribution in [2.24, 2.45) is 14.1 Å². The van der Waals surface area contributed by atoms with Crippen LogP contribution in [0.15, 0.2) is 52.1 Å². The Morgan fingerprint density at radius 1 is 1.00 bits per heavy atom. The number of urea groups is 1. The molecular formula is C42H47ClF2N9O5+. The number of aliphatic hydroxyl groups is 1. The Kier molecular flexibility index (Phi) is 10.1. The van der Waals surface area contributed by atoms with Gasteiger partial charge >= 0.3 is 11.7 Å². The van der Waals surface area contributed by atoms with Gasteiger partial charge < -0.3 is 19.6 Å². The molecule has 0 saturated carbocycles. The largest absolute Gasteiger partial charge is 0.481 e. The van der Waals surface area contributed by atoms with Gasteiger partial charge in [-0.05, 0) is 49.4 Å². The van der Waals surface area contributed by atoms with E-state index in [9.17, 15) is 28.3 Å². The summed E-state index contributed by atoms with van der Waals surface area (Å²) in [6.45, 7) is 4.27. The van der Waals surface area contributed by atoms with Gasteiger partial charge in [0.05, 0.1) is 44.1 Å². The second-order valence-electron chi connectivity index (χ2n) is 16.3. The summed E-state index contributed by atoms with van der Waals surface area (Å²) in [4.78, 5) is 58.6. The number of ether oxygens (including phenoxy) is 1. The first-order chi connectivity index (χ1) is 28.0. The van der Waals surface area contributed by atoms with E-state index in [0.717, 1.165) is 62.8 Å². The molecular weight excluding hydrogens is 784 g/mol. The minimum absolute atomic E-state index is 0.0193. The Labute approximate surface area is 344 Å². The molecule has 2 atom stereocenters. The highest BCUT2D eigenvalue weighted by atomic mass is 35.5. The Balaban J connectivity index is 1.16. The number of halogens is 3. The maximum Gasteiger partial charge on any atom is 0.332 e. The maximum atomic E-state index is 14.2. The molecule has 1 aliphatic carbocycles. The summed E-state index contributed by atoms with van der Waals surface area (Å²) >= 11 is 7.32. The van der Waals surface area contributed by atoms with Crippen molar-refractivity contribution in [3.8, 4) is 28.3 Å². The molecule has 2 unspecified atom stereocenters. The molecule has 1 N–H and O–H groups in total. The summed E-state index contributed by atoms with van der Waals surface area (Å²) in [5.41, 5.74) is 4.57. The average Bonchev–Trinajstić information content (AvgIpc) is 3.91. The van der Waals surface area contributed by atoms with Crippen molar-refractivity contribution in [3.05, 3.63) is 90.8 Å². The quantitative estimate of drug-likeness (QED) is 0.195. The molecule has 2 amide bonds. The van der Waals surface area contributed by atoms with Gasteiger partial charge in [-0.25, -0.2) is 32.8 Å². The summed E-state index contributed by atoms with van der Waals surface area (Å²) in [6.07, 6.45) is -0.524. The number of aliphatic hydroxyl groups excluding tert-OH is 1. The first-order valence-electron chi connectivity index (χ1n) is 19.5. The number of alkyl halides is 2. The molecule has 310 valence electrons. The number of carbonyl (C=O) groups excluding carboxylic acids is 1. The van der Waals surface area contributed by atoms with Crippen LogP contribution in [-0.2, 0) is 20.5 Å². The first kappa shape index (κ1) is 40.5. The lowest BCUT2D eigenvalue weighted by molar-refractivity contribution is 0.140. The number of pyridine rings is 1. The number of amides is 2. The van der Waals surface area contributed by atoms with Gasteiger partial charge in [0.25, 0.3) is 17.8 Å². The molecule has 2 fully saturated rings. The van der Waals surface area contributed by atoms with Crippen LogP contribution in [0.2, 0.25) is 5.02 Å². The van der Waals surface area contributed by atoms with Gasteiger partial charge in [0.2, 0.25) is 11.7 Å². The number of rotatable bonds is 9. The van der Waals surface area contributed by atoms with Crippen molar-refractivity contribution in [2.45, 2.75) is 44.2 Å². The molecule has 17 heteroatoms. The van der Waals surface area contributed by atoms with Crippen LogP contribution in [0.1, 0.15) is 47.8 Å². The van der Waals surface area contributed by atoms with Crippen LogP contribution in [0.3, 0.4) is 0 Å². The van der Waals surface area contributed by atoms with Crippen molar-refractivity contribution in [2.75, 3.05) is 61.0 Å². The van der Waals surface area contributed by atoms with Crippen LogP contribution in [0.25, 0.3) is 33.4 Å². The fraction of sp³-hybridized carbons (Fsp3) is 0.429. The third kappa shape index (κ3) is 6.30. The molecule has 3 aliphatic rings. The zero-order valence-electron chi connectivity index (χ0n) is 34.1. The standard InChI is InChI=1S/C42H47ClF2N9O5/c1-23-25(10-9-13-30(23)54(5,6)37-32-36(47-35(48-37)34(44)45)49(2)40(57)50(3)39(32)56)26-11-8-12-27(33(26)43)28-20-24-14-15-29(31(24)38(46-28)59-7)52-17-16-42(21-52)22-53(18-19-55)41(58)51(42)4/h8-13,20,29,34,55H,14-19,21-22H2,1-7H3/q+1. The molecule has 3 aromatic heterocycles. The third-order valence-corrected chi connectivity index (χ3v) is 13.2. The second kappa shape index (κ2) is 14.8. The minimum atomic E-state index is -3.05. The minimum Gasteiger partial charge on any atom is -0.481 e. The number of nitrogens with zero attached hydrogens (tertiary/aromatic N) is 9. The molecule has 59 heavy (non-hydrogen) atoms. The SMILES string of the molecule is COc1nc(-c2cccc(-c3cccc([N+](C)(C)c4nc(C(F)F)nc5c4c(=O)n(C)c(=O)n5C)c3C)c2Cl)cc2c1C(N1CCC3(CN(CCO)C(=O)N3C)C1)CC2. The molecule has 8 rings (SSSR count). The number of aromatic nitrogens is 5. The van der Waals surface area contributed by atoms with Gasteiger partial charge in [-0.15, -0.1) is 0 Å². The van der Waals surface area contributed by atoms with E-state index in [2.05, 4.69) is 20.9 Å². The van der Waals surface area contributed by atoms with Crippen molar-refractivity contribution in [3.63, 3.8) is 0 Å². The van der Waals surface area contributed by atoms with Crippen molar-refractivity contribution >= 4 is 40.2 Å². The zero-order valence-corrected chi connectivity index (χ0v) is 34.8. The lowest BCUT2D eigenvalue weighted by atomic mass is 9.95. The van der Waals surface area contributed by atoms with Gasteiger partial charge in [-0.3, -0.25) is 18.8 Å². The zero-order chi connectivity index (χ0) is 42.3. The molecule has 0 radical (unpaired) electrons. The Hall–Kier alpha value is -5.29. The maximum absolute atomic E-state index is 14.2. The smallest absolute Gasteiger partial charge is 0.332 e. The number of β-amino-alcohol motifs (C(OH)–C–C–N with tert-alkyl or cyclic N) is 1. The predicted octanol–water partition coefficient (Wildman–Crippen LogP) is 5.35. The summed E-state index contributed by atoms with van der Waals surface area (Å²) in [6, 6.07) is 13.5. The van der Waals surface area contributed by atoms with E-state index in [1.165, 1.54) is 14.1 Å². The van der Waals surface area contributed by atoms with Gasteiger partial charge in [0.1, 0.15) is 5.69 Å². The monoisotopic (exact) mass is 830 g/mol. The molecule has 1 spiro atoms. The topological polar surface area (TPSA) is 139 Å². The fourth-order valence-electron chi connectivity index (χ4n) is 9.57. The first-order valence-corrected chi connectivity index (χ1v) is 19.9. The highest BCUT2D eigenvalue weighted by molar-refractivity contribution is 6.36. The van der Waals surface area contributed by atoms with E-state index in [1.54, 1.807) is 26.1 Å². The average molecular weight is 831 g/mol. The number of hydrogen-bond acceptors (Lipinski definition) is 9. The van der Waals surface area contributed by atoms with Crippen molar-refractivity contribution in [1.29, 1.82) is 0 Å². The molecule has 0 bridgehead atoms. The Bertz CT molecular complexity index is 2670. The van der Waals surface area contributed by atoms with Crippen LogP contribution in [0, 0.1) is 6.92 Å². The normalized spacial score (nSPS) is 19.6. The number of likely N-dealkylation sites (tertiary alicyclic amines) is 1. The van der Waals surface area contributed by atoms with Gasteiger partial charge in [0, 0.05) is 75.6 Å². The van der Waals surface area contributed by atoms with E-state index in [0.29, 0.717) is 47.5 Å². The number of aryl methyl sites for hydroxylation is 2. The van der Waals surface area contributed by atoms with Crippen molar-refractivity contribution in [1.82, 2.24) is 43.3 Å². The highest BCUT2D eigenvalue weighted by Crippen LogP contribution is 2.48.